The first-order valence-electron chi connectivity index (χ1n) is 8.27. The third-order valence-electron chi connectivity index (χ3n) is 3.60. The van der Waals surface area contributed by atoms with Crippen LogP contribution in [-0.2, 0) is 11.3 Å². The summed E-state index contributed by atoms with van der Waals surface area (Å²) in [4.78, 5) is 16.4. The first kappa shape index (κ1) is 18.3. The lowest BCUT2D eigenvalue weighted by Crippen LogP contribution is -2.23. The van der Waals surface area contributed by atoms with Gasteiger partial charge in [0.05, 0.1) is 24.0 Å². The van der Waals surface area contributed by atoms with Gasteiger partial charge in [-0.05, 0) is 66.5 Å². The average Bonchev–Trinajstić information content (AvgIpc) is 3.04. The van der Waals surface area contributed by atoms with Gasteiger partial charge in [-0.15, -0.1) is 0 Å². The van der Waals surface area contributed by atoms with Crippen LogP contribution in [0.1, 0.15) is 36.8 Å². The Labute approximate surface area is 161 Å². The van der Waals surface area contributed by atoms with E-state index in [2.05, 4.69) is 26.0 Å². The lowest BCUT2D eigenvalue weighted by atomic mass is 10.1. The molecule has 0 fully saturated rings. The standard InChI is InChI=1S/C20H20BrN3O2/c1-20(2,3)26-19(25)15-6-4-14(5-7-15)16-10-23-24(12-16)13-18-9-8-17(21)11-22-18/h4-12H,13H2,1-3H3. The van der Waals surface area contributed by atoms with Gasteiger partial charge in [0.15, 0.2) is 0 Å². The number of carbonyl (C=O) groups is 1. The molecule has 134 valence electrons. The Bertz CT molecular complexity index is 894. The van der Waals surface area contributed by atoms with Gasteiger partial charge in [-0.2, -0.15) is 5.10 Å². The van der Waals surface area contributed by atoms with Gasteiger partial charge in [-0.1, -0.05) is 12.1 Å². The molecule has 3 rings (SSSR count). The zero-order valence-electron chi connectivity index (χ0n) is 14.9. The number of hydrogen-bond donors (Lipinski definition) is 0. The van der Waals surface area contributed by atoms with E-state index in [-0.39, 0.29) is 5.97 Å². The molecule has 6 heteroatoms. The molecule has 0 radical (unpaired) electrons. The van der Waals surface area contributed by atoms with Gasteiger partial charge in [0, 0.05) is 22.4 Å². The Kier molecular flexibility index (Phi) is 5.23. The molecule has 3 aromatic rings. The van der Waals surface area contributed by atoms with Crippen molar-refractivity contribution in [3.8, 4) is 11.1 Å². The van der Waals surface area contributed by atoms with Gasteiger partial charge >= 0.3 is 5.97 Å². The van der Waals surface area contributed by atoms with Crippen LogP contribution in [0.25, 0.3) is 11.1 Å². The summed E-state index contributed by atoms with van der Waals surface area (Å²) in [5.41, 5.74) is 2.95. The zero-order valence-corrected chi connectivity index (χ0v) is 16.5. The van der Waals surface area contributed by atoms with Crippen molar-refractivity contribution in [2.75, 3.05) is 0 Å². The number of rotatable bonds is 4. The van der Waals surface area contributed by atoms with Crippen molar-refractivity contribution in [2.45, 2.75) is 32.9 Å². The molecule has 26 heavy (non-hydrogen) atoms. The van der Waals surface area contributed by atoms with E-state index in [1.165, 1.54) is 0 Å². The number of ether oxygens (including phenoxy) is 1. The Morgan fingerprint density at radius 1 is 1.08 bits per heavy atom. The molecule has 2 heterocycles. The van der Waals surface area contributed by atoms with Crippen LogP contribution >= 0.6 is 15.9 Å². The van der Waals surface area contributed by atoms with Gasteiger partial charge in [0.2, 0.25) is 0 Å². The molecule has 0 saturated heterocycles. The number of esters is 1. The van der Waals surface area contributed by atoms with Crippen molar-refractivity contribution in [2.24, 2.45) is 0 Å². The van der Waals surface area contributed by atoms with E-state index in [0.717, 1.165) is 21.3 Å². The highest BCUT2D eigenvalue weighted by atomic mass is 79.9. The largest absolute Gasteiger partial charge is 0.456 e. The average molecular weight is 414 g/mol. The minimum atomic E-state index is -0.502. The highest BCUT2D eigenvalue weighted by Crippen LogP contribution is 2.21. The Morgan fingerprint density at radius 3 is 2.42 bits per heavy atom. The first-order valence-corrected chi connectivity index (χ1v) is 9.06. The fraction of sp³-hybridized carbons (Fsp3) is 0.250. The Balaban J connectivity index is 1.71. The number of carbonyl (C=O) groups excluding carboxylic acids is 1. The number of aromatic nitrogens is 3. The lowest BCUT2D eigenvalue weighted by molar-refractivity contribution is 0.00696. The minimum absolute atomic E-state index is 0.318. The number of nitrogens with zero attached hydrogens (tertiary/aromatic N) is 3. The van der Waals surface area contributed by atoms with Crippen LogP contribution in [0.5, 0.6) is 0 Å². The summed E-state index contributed by atoms with van der Waals surface area (Å²) in [6.45, 7) is 6.17. The summed E-state index contributed by atoms with van der Waals surface area (Å²) in [6.07, 6.45) is 5.54. The normalized spacial score (nSPS) is 11.4. The van der Waals surface area contributed by atoms with Crippen molar-refractivity contribution in [3.63, 3.8) is 0 Å². The third kappa shape index (κ3) is 4.79. The van der Waals surface area contributed by atoms with Crippen molar-refractivity contribution >= 4 is 21.9 Å². The second-order valence-corrected chi connectivity index (χ2v) is 7.89. The third-order valence-corrected chi connectivity index (χ3v) is 4.07. The Morgan fingerprint density at radius 2 is 1.81 bits per heavy atom. The van der Waals surface area contributed by atoms with E-state index in [1.54, 1.807) is 24.5 Å². The molecular formula is C20H20BrN3O2. The van der Waals surface area contributed by atoms with E-state index in [4.69, 9.17) is 4.74 Å². The van der Waals surface area contributed by atoms with Crippen LogP contribution in [0.3, 0.4) is 0 Å². The van der Waals surface area contributed by atoms with Gasteiger partial charge < -0.3 is 4.74 Å². The van der Waals surface area contributed by atoms with E-state index >= 15 is 0 Å². The number of halogens is 1. The van der Waals surface area contributed by atoms with Gasteiger partial charge in [0.1, 0.15) is 5.60 Å². The van der Waals surface area contributed by atoms with Gasteiger partial charge in [0.25, 0.3) is 0 Å². The van der Waals surface area contributed by atoms with Crippen molar-refractivity contribution in [3.05, 3.63) is 70.7 Å². The maximum Gasteiger partial charge on any atom is 0.338 e. The van der Waals surface area contributed by atoms with Crippen molar-refractivity contribution < 1.29 is 9.53 Å². The van der Waals surface area contributed by atoms with Gasteiger partial charge in [-0.25, -0.2) is 4.79 Å². The summed E-state index contributed by atoms with van der Waals surface area (Å²) in [7, 11) is 0. The van der Waals surface area contributed by atoms with E-state index < -0.39 is 5.60 Å². The molecule has 0 aliphatic carbocycles. The monoisotopic (exact) mass is 413 g/mol. The molecular weight excluding hydrogens is 394 g/mol. The molecule has 0 spiro atoms. The topological polar surface area (TPSA) is 57.0 Å². The second-order valence-electron chi connectivity index (χ2n) is 6.97. The van der Waals surface area contributed by atoms with E-state index in [1.807, 2.05) is 55.9 Å². The molecule has 0 aliphatic rings. The van der Waals surface area contributed by atoms with E-state index in [0.29, 0.717) is 12.1 Å². The molecule has 0 atom stereocenters. The van der Waals surface area contributed by atoms with Gasteiger partial charge in [-0.3, -0.25) is 9.67 Å². The SMILES string of the molecule is CC(C)(C)OC(=O)c1ccc(-c2cnn(Cc3ccc(Br)cn3)c2)cc1. The molecule has 0 bridgehead atoms. The molecule has 0 saturated carbocycles. The molecule has 5 nitrogen and oxygen atoms in total. The minimum Gasteiger partial charge on any atom is -0.456 e. The Hall–Kier alpha value is -2.47. The lowest BCUT2D eigenvalue weighted by Gasteiger charge is -2.19. The highest BCUT2D eigenvalue weighted by molar-refractivity contribution is 9.10. The maximum absolute atomic E-state index is 12.1. The maximum atomic E-state index is 12.1. The highest BCUT2D eigenvalue weighted by Gasteiger charge is 2.17. The predicted molar refractivity (Wildman–Crippen MR) is 104 cm³/mol. The summed E-state index contributed by atoms with van der Waals surface area (Å²) < 4.78 is 8.17. The van der Waals surface area contributed by atoms with Crippen LogP contribution in [0.15, 0.2) is 59.5 Å². The van der Waals surface area contributed by atoms with Crippen LogP contribution < -0.4 is 0 Å². The van der Waals surface area contributed by atoms with Crippen LogP contribution in [-0.4, -0.2) is 26.3 Å². The molecule has 2 aromatic heterocycles. The van der Waals surface area contributed by atoms with Crippen LogP contribution in [0, 0.1) is 0 Å². The molecule has 0 amide bonds. The number of hydrogen-bond acceptors (Lipinski definition) is 4. The fourth-order valence-corrected chi connectivity index (χ4v) is 2.64. The van der Waals surface area contributed by atoms with Crippen molar-refractivity contribution in [1.82, 2.24) is 14.8 Å². The molecule has 0 unspecified atom stereocenters. The smallest absolute Gasteiger partial charge is 0.338 e. The van der Waals surface area contributed by atoms with Crippen LogP contribution in [0.4, 0.5) is 0 Å². The fourth-order valence-electron chi connectivity index (χ4n) is 2.40. The van der Waals surface area contributed by atoms with Crippen molar-refractivity contribution in [1.29, 1.82) is 0 Å². The number of pyridine rings is 1. The summed E-state index contributed by atoms with van der Waals surface area (Å²) in [5, 5.41) is 4.39. The summed E-state index contributed by atoms with van der Waals surface area (Å²) >= 11 is 3.38. The quantitative estimate of drug-likeness (QED) is 0.581. The summed E-state index contributed by atoms with van der Waals surface area (Å²) in [5.74, 6) is -0.318. The second kappa shape index (κ2) is 7.41. The molecule has 0 aliphatic heterocycles. The zero-order chi connectivity index (χ0) is 18.7. The summed E-state index contributed by atoms with van der Waals surface area (Å²) in [6, 6.07) is 11.3. The van der Waals surface area contributed by atoms with E-state index in [9.17, 15) is 4.79 Å². The van der Waals surface area contributed by atoms with Crippen LogP contribution in [0.2, 0.25) is 0 Å². The number of benzene rings is 1. The molecule has 0 N–H and O–H groups in total. The predicted octanol–water partition coefficient (Wildman–Crippen LogP) is 4.71. The molecule has 1 aromatic carbocycles. The first-order chi connectivity index (χ1) is 12.3.